The van der Waals surface area contributed by atoms with Crippen LogP contribution in [-0.2, 0) is 4.79 Å². The molecule has 0 aliphatic carbocycles. The first-order valence-corrected chi connectivity index (χ1v) is 5.07. The minimum absolute atomic E-state index is 0.243. The summed E-state index contributed by atoms with van der Waals surface area (Å²) in [6.07, 6.45) is 2.48. The van der Waals surface area contributed by atoms with Crippen molar-refractivity contribution < 1.29 is 9.90 Å². The molecule has 4 nitrogen and oxygen atoms in total. The van der Waals surface area contributed by atoms with Crippen LogP contribution in [0.1, 0.15) is 12.0 Å². The minimum Gasteiger partial charge on any atom is -0.481 e. The molecule has 0 bridgehead atoms. The number of hydrogen-bond donors (Lipinski definition) is 1. The van der Waals surface area contributed by atoms with Gasteiger partial charge in [-0.3, -0.25) is 4.79 Å². The van der Waals surface area contributed by atoms with Crippen LogP contribution in [0, 0.1) is 12.8 Å². The van der Waals surface area contributed by atoms with Gasteiger partial charge in [0.25, 0.3) is 0 Å². The molecular formula is C11H14N2O2. The van der Waals surface area contributed by atoms with Gasteiger partial charge in [-0.2, -0.15) is 0 Å². The molecule has 1 aliphatic rings. The molecule has 0 amide bonds. The predicted octanol–water partition coefficient (Wildman–Crippen LogP) is 1.30. The normalized spacial score (nSPS) is 20.6. The molecule has 0 aromatic carbocycles. The summed E-state index contributed by atoms with van der Waals surface area (Å²) >= 11 is 0. The summed E-state index contributed by atoms with van der Waals surface area (Å²) in [5.74, 6) is -0.0591. The number of rotatable bonds is 2. The highest BCUT2D eigenvalue weighted by atomic mass is 16.4. The van der Waals surface area contributed by atoms with Gasteiger partial charge in [0.05, 0.1) is 5.92 Å². The molecule has 0 radical (unpaired) electrons. The van der Waals surface area contributed by atoms with Crippen molar-refractivity contribution in [1.29, 1.82) is 0 Å². The Labute approximate surface area is 88.6 Å². The number of carboxylic acids is 1. The van der Waals surface area contributed by atoms with Gasteiger partial charge >= 0.3 is 5.97 Å². The molecule has 1 atom stereocenters. The molecule has 1 saturated heterocycles. The number of carbonyl (C=O) groups is 1. The van der Waals surface area contributed by atoms with Crippen LogP contribution >= 0.6 is 0 Å². The van der Waals surface area contributed by atoms with E-state index in [9.17, 15) is 4.79 Å². The van der Waals surface area contributed by atoms with Gasteiger partial charge in [-0.1, -0.05) is 0 Å². The average Bonchev–Trinajstić information content (AvgIpc) is 2.66. The van der Waals surface area contributed by atoms with Crippen LogP contribution in [0.5, 0.6) is 0 Å². The summed E-state index contributed by atoms with van der Waals surface area (Å²) in [5, 5.41) is 8.89. The van der Waals surface area contributed by atoms with Crippen LogP contribution in [0.4, 0.5) is 5.82 Å². The average molecular weight is 206 g/mol. The highest BCUT2D eigenvalue weighted by molar-refractivity contribution is 5.71. The van der Waals surface area contributed by atoms with Crippen LogP contribution in [0.15, 0.2) is 18.3 Å². The Morgan fingerprint density at radius 2 is 2.47 bits per heavy atom. The highest BCUT2D eigenvalue weighted by Crippen LogP contribution is 2.22. The number of aliphatic carboxylic acids is 1. The van der Waals surface area contributed by atoms with Crippen molar-refractivity contribution in [2.45, 2.75) is 13.3 Å². The lowest BCUT2D eigenvalue weighted by atomic mass is 10.1. The fourth-order valence-electron chi connectivity index (χ4n) is 1.86. The molecule has 0 saturated carbocycles. The number of nitrogens with zero attached hydrogens (tertiary/aromatic N) is 2. The quantitative estimate of drug-likeness (QED) is 0.792. The number of carboxylic acid groups (broad SMARTS) is 1. The van der Waals surface area contributed by atoms with Gasteiger partial charge in [-0.15, -0.1) is 0 Å². The number of pyridine rings is 1. The van der Waals surface area contributed by atoms with E-state index in [-0.39, 0.29) is 5.92 Å². The number of hydrogen-bond acceptors (Lipinski definition) is 3. The molecule has 1 unspecified atom stereocenters. The fourth-order valence-corrected chi connectivity index (χ4v) is 1.86. The molecule has 1 fully saturated rings. The molecule has 1 aromatic heterocycles. The van der Waals surface area contributed by atoms with Gasteiger partial charge < -0.3 is 10.0 Å². The zero-order chi connectivity index (χ0) is 10.8. The molecule has 2 rings (SSSR count). The Morgan fingerprint density at radius 1 is 1.67 bits per heavy atom. The molecule has 4 heteroatoms. The zero-order valence-electron chi connectivity index (χ0n) is 8.68. The lowest BCUT2D eigenvalue weighted by Crippen LogP contribution is -2.23. The molecule has 1 aliphatic heterocycles. The maximum atomic E-state index is 10.8. The van der Waals surface area contributed by atoms with E-state index in [0.717, 1.165) is 17.9 Å². The summed E-state index contributed by atoms with van der Waals surface area (Å²) in [5.41, 5.74) is 1.15. The van der Waals surface area contributed by atoms with E-state index in [1.807, 2.05) is 24.0 Å². The predicted molar refractivity (Wildman–Crippen MR) is 56.9 cm³/mol. The zero-order valence-corrected chi connectivity index (χ0v) is 8.68. The number of anilines is 1. The van der Waals surface area contributed by atoms with Crippen LogP contribution < -0.4 is 4.90 Å². The van der Waals surface area contributed by atoms with E-state index >= 15 is 0 Å². The Bertz CT molecular complexity index is 379. The first kappa shape index (κ1) is 9.96. The van der Waals surface area contributed by atoms with Gasteiger partial charge in [0.1, 0.15) is 5.82 Å². The van der Waals surface area contributed by atoms with Crippen molar-refractivity contribution in [2.24, 2.45) is 5.92 Å². The first-order chi connectivity index (χ1) is 7.16. The van der Waals surface area contributed by atoms with Crippen molar-refractivity contribution in [1.82, 2.24) is 4.98 Å². The van der Waals surface area contributed by atoms with Crippen molar-refractivity contribution >= 4 is 11.8 Å². The van der Waals surface area contributed by atoms with Gasteiger partial charge in [0.15, 0.2) is 0 Å². The van der Waals surface area contributed by atoms with Gasteiger partial charge in [-0.25, -0.2) is 4.98 Å². The maximum Gasteiger partial charge on any atom is 0.308 e. The molecule has 1 N–H and O–H groups in total. The van der Waals surface area contributed by atoms with Crippen LogP contribution in [-0.4, -0.2) is 29.1 Å². The number of aryl methyl sites for hydroxylation is 1. The Morgan fingerprint density at radius 3 is 3.07 bits per heavy atom. The van der Waals surface area contributed by atoms with Crippen molar-refractivity contribution in [3.8, 4) is 0 Å². The number of aromatic nitrogens is 1. The lowest BCUT2D eigenvalue weighted by Gasteiger charge is -2.16. The summed E-state index contributed by atoms with van der Waals surface area (Å²) < 4.78 is 0. The monoisotopic (exact) mass is 206 g/mol. The van der Waals surface area contributed by atoms with E-state index in [1.165, 1.54) is 0 Å². The Balaban J connectivity index is 2.11. The van der Waals surface area contributed by atoms with Gasteiger partial charge in [0, 0.05) is 19.3 Å². The van der Waals surface area contributed by atoms with Gasteiger partial charge in [0.2, 0.25) is 0 Å². The summed E-state index contributed by atoms with van der Waals surface area (Å²) in [6.45, 7) is 3.37. The lowest BCUT2D eigenvalue weighted by molar-refractivity contribution is -0.140. The van der Waals surface area contributed by atoms with E-state index < -0.39 is 5.97 Å². The van der Waals surface area contributed by atoms with Crippen LogP contribution in [0.25, 0.3) is 0 Å². The SMILES string of the molecule is Cc1ccnc(N2CCC(C(=O)O)C2)c1. The van der Waals surface area contributed by atoms with E-state index in [4.69, 9.17) is 5.11 Å². The van der Waals surface area contributed by atoms with E-state index in [2.05, 4.69) is 4.98 Å². The summed E-state index contributed by atoms with van der Waals surface area (Å²) in [7, 11) is 0. The Hall–Kier alpha value is -1.58. The minimum atomic E-state index is -0.704. The topological polar surface area (TPSA) is 53.4 Å². The highest BCUT2D eigenvalue weighted by Gasteiger charge is 2.28. The van der Waals surface area contributed by atoms with E-state index in [1.54, 1.807) is 6.20 Å². The molecular weight excluding hydrogens is 192 g/mol. The Kier molecular flexibility index (Phi) is 2.58. The third kappa shape index (κ3) is 2.09. The third-order valence-electron chi connectivity index (χ3n) is 2.76. The second kappa shape index (κ2) is 3.88. The second-order valence-electron chi connectivity index (χ2n) is 3.96. The van der Waals surface area contributed by atoms with E-state index in [0.29, 0.717) is 13.0 Å². The molecule has 15 heavy (non-hydrogen) atoms. The maximum absolute atomic E-state index is 10.8. The largest absolute Gasteiger partial charge is 0.481 e. The van der Waals surface area contributed by atoms with Gasteiger partial charge in [-0.05, 0) is 31.0 Å². The van der Waals surface area contributed by atoms with Crippen molar-refractivity contribution in [3.63, 3.8) is 0 Å². The molecule has 1 aromatic rings. The van der Waals surface area contributed by atoms with Crippen LogP contribution in [0.3, 0.4) is 0 Å². The van der Waals surface area contributed by atoms with Crippen LogP contribution in [0.2, 0.25) is 0 Å². The van der Waals surface area contributed by atoms with Crippen molar-refractivity contribution in [3.05, 3.63) is 23.9 Å². The summed E-state index contributed by atoms with van der Waals surface area (Å²) in [4.78, 5) is 17.1. The standard InChI is InChI=1S/C11H14N2O2/c1-8-2-4-12-10(6-8)13-5-3-9(7-13)11(14)15/h2,4,6,9H,3,5,7H2,1H3,(H,14,15). The smallest absolute Gasteiger partial charge is 0.308 e. The molecule has 80 valence electrons. The first-order valence-electron chi connectivity index (χ1n) is 5.07. The second-order valence-corrected chi connectivity index (χ2v) is 3.96. The van der Waals surface area contributed by atoms with Crippen molar-refractivity contribution in [2.75, 3.05) is 18.0 Å². The molecule has 0 spiro atoms. The summed E-state index contributed by atoms with van der Waals surface area (Å²) in [6, 6.07) is 3.93. The fraction of sp³-hybridized carbons (Fsp3) is 0.455. The molecule has 2 heterocycles. The third-order valence-corrected chi connectivity index (χ3v) is 2.76.